The molecule has 1 aromatic heterocycles. The Balaban J connectivity index is 1.54. The molecular formula is C16H17N5O3. The van der Waals surface area contributed by atoms with Gasteiger partial charge in [-0.25, -0.2) is 4.98 Å². The van der Waals surface area contributed by atoms with Gasteiger partial charge in [0.2, 0.25) is 17.7 Å². The first kappa shape index (κ1) is 15.9. The van der Waals surface area contributed by atoms with Crippen molar-refractivity contribution in [3.8, 4) is 6.07 Å². The molecule has 3 heterocycles. The van der Waals surface area contributed by atoms with E-state index in [2.05, 4.69) is 4.98 Å². The van der Waals surface area contributed by atoms with Crippen LogP contribution in [0.15, 0.2) is 18.3 Å². The zero-order valence-electron chi connectivity index (χ0n) is 13.1. The summed E-state index contributed by atoms with van der Waals surface area (Å²) in [4.78, 5) is 44.5. The summed E-state index contributed by atoms with van der Waals surface area (Å²) in [6.45, 7) is 2.10. The highest BCUT2D eigenvalue weighted by Gasteiger charge is 2.32. The maximum Gasteiger partial charge on any atom is 0.242 e. The van der Waals surface area contributed by atoms with E-state index in [-0.39, 0.29) is 37.1 Å². The highest BCUT2D eigenvalue weighted by molar-refractivity contribution is 6.04. The van der Waals surface area contributed by atoms with E-state index in [4.69, 9.17) is 5.26 Å². The fraction of sp³-hybridized carbons (Fsp3) is 0.438. The quantitative estimate of drug-likeness (QED) is 0.710. The Kier molecular flexibility index (Phi) is 4.42. The third-order valence-corrected chi connectivity index (χ3v) is 4.28. The first-order chi connectivity index (χ1) is 11.6. The highest BCUT2D eigenvalue weighted by atomic mass is 16.2. The van der Waals surface area contributed by atoms with Crippen molar-refractivity contribution in [2.24, 2.45) is 0 Å². The predicted octanol–water partition coefficient (Wildman–Crippen LogP) is -0.249. The van der Waals surface area contributed by atoms with Gasteiger partial charge in [-0.2, -0.15) is 5.26 Å². The normalized spacial score (nSPS) is 18.0. The Morgan fingerprint density at radius 3 is 2.33 bits per heavy atom. The van der Waals surface area contributed by atoms with E-state index in [0.717, 1.165) is 10.7 Å². The minimum Gasteiger partial charge on any atom is -0.353 e. The fourth-order valence-corrected chi connectivity index (χ4v) is 2.86. The molecule has 8 heteroatoms. The van der Waals surface area contributed by atoms with Crippen molar-refractivity contribution in [3.63, 3.8) is 0 Å². The summed E-state index contributed by atoms with van der Waals surface area (Å²) < 4.78 is 0. The number of pyridine rings is 1. The number of nitriles is 1. The Bertz CT molecular complexity index is 685. The van der Waals surface area contributed by atoms with Gasteiger partial charge in [0.1, 0.15) is 18.4 Å². The van der Waals surface area contributed by atoms with Gasteiger partial charge < -0.3 is 9.80 Å². The second-order valence-electron chi connectivity index (χ2n) is 5.76. The van der Waals surface area contributed by atoms with Gasteiger partial charge in [-0.1, -0.05) is 0 Å². The lowest BCUT2D eigenvalue weighted by Gasteiger charge is -2.35. The van der Waals surface area contributed by atoms with Crippen LogP contribution in [0, 0.1) is 11.3 Å². The van der Waals surface area contributed by atoms with Crippen molar-refractivity contribution >= 4 is 23.5 Å². The van der Waals surface area contributed by atoms with Crippen LogP contribution in [0.25, 0.3) is 0 Å². The minimum atomic E-state index is -0.270. The molecule has 2 aliphatic rings. The smallest absolute Gasteiger partial charge is 0.242 e. The number of hydrogen-bond donors (Lipinski definition) is 0. The number of hydrogen-bond acceptors (Lipinski definition) is 6. The number of anilines is 1. The molecule has 0 bridgehead atoms. The van der Waals surface area contributed by atoms with E-state index < -0.39 is 0 Å². The molecule has 2 saturated heterocycles. The summed E-state index contributed by atoms with van der Waals surface area (Å²) in [6, 6.07) is 5.53. The van der Waals surface area contributed by atoms with Crippen molar-refractivity contribution in [1.29, 1.82) is 5.26 Å². The molecule has 0 aliphatic carbocycles. The molecule has 3 rings (SSSR count). The molecule has 2 aliphatic heterocycles. The molecule has 0 saturated carbocycles. The predicted molar refractivity (Wildman–Crippen MR) is 83.7 cm³/mol. The largest absolute Gasteiger partial charge is 0.353 e. The Labute approximate surface area is 139 Å². The summed E-state index contributed by atoms with van der Waals surface area (Å²) in [6.07, 6.45) is 1.92. The number of piperazine rings is 1. The van der Waals surface area contributed by atoms with Gasteiger partial charge >= 0.3 is 0 Å². The van der Waals surface area contributed by atoms with Crippen LogP contribution in [0.3, 0.4) is 0 Å². The standard InChI is InChI=1S/C16H17N5O3/c17-9-12-1-2-13(18-10-12)19-5-7-20(8-6-19)16(24)11-21-14(22)3-4-15(21)23/h1-2,10H,3-8,11H2. The number of aromatic nitrogens is 1. The summed E-state index contributed by atoms with van der Waals surface area (Å²) in [5.74, 6) is 0.0274. The molecule has 0 unspecified atom stereocenters. The summed E-state index contributed by atoms with van der Waals surface area (Å²) in [5.41, 5.74) is 0.507. The summed E-state index contributed by atoms with van der Waals surface area (Å²) in [7, 11) is 0. The molecule has 0 aromatic carbocycles. The molecule has 3 amide bonds. The van der Waals surface area contributed by atoms with Gasteiger partial charge in [0.05, 0.1) is 5.56 Å². The Morgan fingerprint density at radius 1 is 1.12 bits per heavy atom. The molecule has 24 heavy (non-hydrogen) atoms. The number of imide groups is 1. The highest BCUT2D eigenvalue weighted by Crippen LogP contribution is 2.15. The SMILES string of the molecule is N#Cc1ccc(N2CCN(C(=O)CN3C(=O)CCC3=O)CC2)nc1. The summed E-state index contributed by atoms with van der Waals surface area (Å²) >= 11 is 0. The van der Waals surface area contributed by atoms with Gasteiger partial charge in [-0.3, -0.25) is 19.3 Å². The minimum absolute atomic E-state index is 0.160. The number of rotatable bonds is 3. The molecular weight excluding hydrogens is 310 g/mol. The van der Waals surface area contributed by atoms with Crippen LogP contribution in [0.1, 0.15) is 18.4 Å². The molecule has 8 nitrogen and oxygen atoms in total. The lowest BCUT2D eigenvalue weighted by Crippen LogP contribution is -2.52. The van der Waals surface area contributed by atoms with E-state index in [1.807, 2.05) is 11.0 Å². The van der Waals surface area contributed by atoms with E-state index in [1.165, 1.54) is 6.20 Å². The zero-order valence-corrected chi connectivity index (χ0v) is 13.1. The van der Waals surface area contributed by atoms with Crippen molar-refractivity contribution in [2.45, 2.75) is 12.8 Å². The number of carbonyl (C=O) groups excluding carboxylic acids is 3. The van der Waals surface area contributed by atoms with Crippen LogP contribution < -0.4 is 4.90 Å². The fourth-order valence-electron chi connectivity index (χ4n) is 2.86. The maximum atomic E-state index is 12.3. The first-order valence-electron chi connectivity index (χ1n) is 7.80. The topological polar surface area (TPSA) is 97.6 Å². The third-order valence-electron chi connectivity index (χ3n) is 4.28. The van der Waals surface area contributed by atoms with Crippen molar-refractivity contribution in [3.05, 3.63) is 23.9 Å². The molecule has 0 N–H and O–H groups in total. The van der Waals surface area contributed by atoms with E-state index in [0.29, 0.717) is 31.7 Å². The van der Waals surface area contributed by atoms with E-state index in [9.17, 15) is 14.4 Å². The average molecular weight is 327 g/mol. The van der Waals surface area contributed by atoms with Crippen molar-refractivity contribution < 1.29 is 14.4 Å². The molecule has 0 radical (unpaired) electrons. The monoisotopic (exact) mass is 327 g/mol. The lowest BCUT2D eigenvalue weighted by atomic mass is 10.2. The van der Waals surface area contributed by atoms with Gasteiger partial charge in [0.25, 0.3) is 0 Å². The number of carbonyl (C=O) groups is 3. The number of nitrogens with zero attached hydrogens (tertiary/aromatic N) is 5. The summed E-state index contributed by atoms with van der Waals surface area (Å²) in [5, 5.41) is 8.79. The van der Waals surface area contributed by atoms with Crippen molar-refractivity contribution in [1.82, 2.24) is 14.8 Å². The molecule has 1 aromatic rings. The number of amides is 3. The second-order valence-corrected chi connectivity index (χ2v) is 5.76. The molecule has 124 valence electrons. The zero-order chi connectivity index (χ0) is 17.1. The second kappa shape index (κ2) is 6.66. The lowest BCUT2D eigenvalue weighted by molar-refractivity contribution is -0.145. The van der Waals surface area contributed by atoms with Crippen LogP contribution in [-0.2, 0) is 14.4 Å². The van der Waals surface area contributed by atoms with Gasteiger partial charge in [-0.15, -0.1) is 0 Å². The molecule has 2 fully saturated rings. The van der Waals surface area contributed by atoms with Crippen LogP contribution in [-0.4, -0.2) is 65.2 Å². The van der Waals surface area contributed by atoms with Crippen LogP contribution in [0.2, 0.25) is 0 Å². The van der Waals surface area contributed by atoms with Crippen LogP contribution in [0.4, 0.5) is 5.82 Å². The maximum absolute atomic E-state index is 12.3. The van der Waals surface area contributed by atoms with Crippen LogP contribution in [0.5, 0.6) is 0 Å². The number of likely N-dealkylation sites (tertiary alicyclic amines) is 1. The molecule has 0 spiro atoms. The van der Waals surface area contributed by atoms with E-state index in [1.54, 1.807) is 17.0 Å². The van der Waals surface area contributed by atoms with Crippen molar-refractivity contribution in [2.75, 3.05) is 37.6 Å². The van der Waals surface area contributed by atoms with E-state index >= 15 is 0 Å². The van der Waals surface area contributed by atoms with Crippen LogP contribution >= 0.6 is 0 Å². The van der Waals surface area contributed by atoms with Gasteiger partial charge in [0, 0.05) is 45.2 Å². The third kappa shape index (κ3) is 3.20. The molecule has 0 atom stereocenters. The Morgan fingerprint density at radius 2 is 1.79 bits per heavy atom. The van der Waals surface area contributed by atoms with Gasteiger partial charge in [0.15, 0.2) is 0 Å². The Hall–Kier alpha value is -2.95. The first-order valence-corrected chi connectivity index (χ1v) is 7.80. The van der Waals surface area contributed by atoms with Gasteiger partial charge in [-0.05, 0) is 12.1 Å². The average Bonchev–Trinajstić information content (AvgIpc) is 2.94.